The maximum absolute atomic E-state index is 12.1. The fraction of sp³-hybridized carbons (Fsp3) is 0.800. The summed E-state index contributed by atoms with van der Waals surface area (Å²) in [7, 11) is 1.82. The molecule has 3 N–H and O–H groups in total. The minimum atomic E-state index is -0.681. The molecule has 0 unspecified atom stereocenters. The fourth-order valence-electron chi connectivity index (χ4n) is 2.08. The van der Waals surface area contributed by atoms with Gasteiger partial charge in [0.05, 0.1) is 0 Å². The summed E-state index contributed by atoms with van der Waals surface area (Å²) in [4.78, 5) is 13.9. The van der Waals surface area contributed by atoms with E-state index in [9.17, 15) is 4.79 Å². The first-order valence-electron chi connectivity index (χ1n) is 5.37. The van der Waals surface area contributed by atoms with Crippen LogP contribution in [-0.4, -0.2) is 34.9 Å². The van der Waals surface area contributed by atoms with E-state index >= 15 is 0 Å². The Bertz CT molecular complexity index is 306. The minimum Gasteiger partial charge on any atom is -0.409 e. The van der Waals surface area contributed by atoms with Crippen molar-refractivity contribution >= 4 is 11.7 Å². The normalized spacial score (nSPS) is 24.5. The molecule has 0 aliphatic heterocycles. The average Bonchev–Trinajstić information content (AvgIpc) is 2.93. The summed E-state index contributed by atoms with van der Waals surface area (Å²) in [5, 5.41) is 11.6. The Hall–Kier alpha value is -1.26. The van der Waals surface area contributed by atoms with Crippen LogP contribution >= 0.6 is 0 Å². The van der Waals surface area contributed by atoms with Crippen LogP contribution in [0.15, 0.2) is 5.16 Å². The quantitative estimate of drug-likeness (QED) is 0.309. The molecule has 5 nitrogen and oxygen atoms in total. The van der Waals surface area contributed by atoms with Gasteiger partial charge in [-0.1, -0.05) is 5.16 Å². The first kappa shape index (κ1) is 10.3. The van der Waals surface area contributed by atoms with E-state index in [0.717, 1.165) is 12.8 Å². The highest BCUT2D eigenvalue weighted by Gasteiger charge is 2.56. The minimum absolute atomic E-state index is 0.0162. The first-order chi connectivity index (χ1) is 7.12. The molecule has 0 saturated heterocycles. The predicted molar refractivity (Wildman–Crippen MR) is 55.5 cm³/mol. The van der Waals surface area contributed by atoms with Gasteiger partial charge in [0.2, 0.25) is 5.91 Å². The number of carbonyl (C=O) groups is 1. The van der Waals surface area contributed by atoms with Gasteiger partial charge in [0.15, 0.2) is 5.84 Å². The Morgan fingerprint density at radius 1 is 1.53 bits per heavy atom. The summed E-state index contributed by atoms with van der Waals surface area (Å²) in [6, 6.07) is 0.362. The third-order valence-electron chi connectivity index (χ3n) is 3.70. The number of nitrogens with two attached hydrogens (primary N) is 1. The summed E-state index contributed by atoms with van der Waals surface area (Å²) in [6.07, 6.45) is 4.76. The smallest absolute Gasteiger partial charge is 0.236 e. The molecule has 0 aromatic rings. The third-order valence-corrected chi connectivity index (χ3v) is 3.70. The molecule has 0 atom stereocenters. The van der Waals surface area contributed by atoms with Crippen molar-refractivity contribution in [1.82, 2.24) is 4.90 Å². The molecule has 2 rings (SSSR count). The number of rotatable bonds is 3. The van der Waals surface area contributed by atoms with Gasteiger partial charge in [0, 0.05) is 13.1 Å². The second-order valence-corrected chi connectivity index (χ2v) is 4.57. The molecule has 0 bridgehead atoms. The molecule has 1 amide bonds. The number of amidine groups is 1. The largest absolute Gasteiger partial charge is 0.409 e. The van der Waals surface area contributed by atoms with Crippen molar-refractivity contribution in [2.45, 2.75) is 38.1 Å². The zero-order valence-electron chi connectivity index (χ0n) is 8.94. The van der Waals surface area contributed by atoms with Crippen molar-refractivity contribution in [3.05, 3.63) is 0 Å². The van der Waals surface area contributed by atoms with Gasteiger partial charge in [-0.25, -0.2) is 0 Å². The highest BCUT2D eigenvalue weighted by molar-refractivity contribution is 6.09. The monoisotopic (exact) mass is 211 g/mol. The molecule has 5 heteroatoms. The van der Waals surface area contributed by atoms with E-state index in [4.69, 9.17) is 10.9 Å². The maximum atomic E-state index is 12.1. The van der Waals surface area contributed by atoms with E-state index in [1.165, 1.54) is 6.42 Å². The van der Waals surface area contributed by atoms with Crippen molar-refractivity contribution in [3.8, 4) is 0 Å². The van der Waals surface area contributed by atoms with Crippen LogP contribution in [0.5, 0.6) is 0 Å². The van der Waals surface area contributed by atoms with Gasteiger partial charge in [0.1, 0.15) is 5.41 Å². The average molecular weight is 211 g/mol. The molecule has 2 fully saturated rings. The molecule has 2 aliphatic carbocycles. The molecule has 0 spiro atoms. The maximum Gasteiger partial charge on any atom is 0.236 e. The Balaban J connectivity index is 2.07. The van der Waals surface area contributed by atoms with Gasteiger partial charge in [-0.15, -0.1) is 0 Å². The van der Waals surface area contributed by atoms with Crippen LogP contribution in [0.1, 0.15) is 32.1 Å². The van der Waals surface area contributed by atoms with Crippen molar-refractivity contribution in [3.63, 3.8) is 0 Å². The molecule has 2 saturated carbocycles. The summed E-state index contributed by atoms with van der Waals surface area (Å²) < 4.78 is 0. The van der Waals surface area contributed by atoms with Crippen molar-refractivity contribution < 1.29 is 10.0 Å². The van der Waals surface area contributed by atoms with Crippen LogP contribution in [0.4, 0.5) is 0 Å². The highest BCUT2D eigenvalue weighted by Crippen LogP contribution is 2.48. The second-order valence-electron chi connectivity index (χ2n) is 4.57. The van der Waals surface area contributed by atoms with E-state index in [1.54, 1.807) is 4.90 Å². The number of hydrogen-bond acceptors (Lipinski definition) is 3. The van der Waals surface area contributed by atoms with Gasteiger partial charge in [-0.05, 0) is 32.1 Å². The van der Waals surface area contributed by atoms with Gasteiger partial charge >= 0.3 is 0 Å². The molecule has 0 radical (unpaired) electrons. The lowest BCUT2D eigenvalue weighted by atomic mass is 9.90. The van der Waals surface area contributed by atoms with Crippen molar-refractivity contribution in [1.29, 1.82) is 0 Å². The lowest BCUT2D eigenvalue weighted by Gasteiger charge is -2.36. The lowest BCUT2D eigenvalue weighted by molar-refractivity contribution is -0.136. The van der Waals surface area contributed by atoms with Crippen molar-refractivity contribution in [2.75, 3.05) is 7.05 Å². The van der Waals surface area contributed by atoms with Gasteiger partial charge in [-0.3, -0.25) is 4.79 Å². The van der Waals surface area contributed by atoms with E-state index in [-0.39, 0.29) is 11.7 Å². The number of oxime groups is 1. The third kappa shape index (κ3) is 1.46. The number of carbonyl (C=O) groups excluding carboxylic acids is 1. The molecular formula is C10H17N3O2. The van der Waals surface area contributed by atoms with Crippen LogP contribution in [0.25, 0.3) is 0 Å². The molecule has 2 aliphatic rings. The van der Waals surface area contributed by atoms with E-state index in [1.807, 2.05) is 7.05 Å². The number of amides is 1. The second kappa shape index (κ2) is 3.40. The van der Waals surface area contributed by atoms with Crippen LogP contribution in [0, 0.1) is 5.41 Å². The standard InChI is InChI=1S/C10H17N3O2/c1-13(7-3-2-4-7)9(14)10(5-6-10)8(11)12-15/h7,15H,2-6H2,1H3,(H2,11,12). The van der Waals surface area contributed by atoms with E-state index < -0.39 is 5.41 Å². The lowest BCUT2D eigenvalue weighted by Crippen LogP contribution is -2.48. The van der Waals surface area contributed by atoms with E-state index in [0.29, 0.717) is 18.9 Å². The summed E-state index contributed by atoms with van der Waals surface area (Å²) >= 11 is 0. The summed E-state index contributed by atoms with van der Waals surface area (Å²) in [5.41, 5.74) is 4.88. The highest BCUT2D eigenvalue weighted by atomic mass is 16.4. The van der Waals surface area contributed by atoms with Gasteiger partial charge in [0.25, 0.3) is 0 Å². The van der Waals surface area contributed by atoms with Crippen LogP contribution in [0.3, 0.4) is 0 Å². The molecule has 0 aromatic carbocycles. The van der Waals surface area contributed by atoms with Crippen molar-refractivity contribution in [2.24, 2.45) is 16.3 Å². The topological polar surface area (TPSA) is 78.9 Å². The Morgan fingerprint density at radius 2 is 2.13 bits per heavy atom. The first-order valence-corrected chi connectivity index (χ1v) is 5.37. The Morgan fingerprint density at radius 3 is 2.47 bits per heavy atom. The van der Waals surface area contributed by atoms with Gasteiger partial charge in [-0.2, -0.15) is 0 Å². The number of nitrogens with zero attached hydrogens (tertiary/aromatic N) is 2. The number of hydrogen-bond donors (Lipinski definition) is 2. The van der Waals surface area contributed by atoms with E-state index in [2.05, 4.69) is 5.16 Å². The molecule has 0 aromatic heterocycles. The molecule has 84 valence electrons. The van der Waals surface area contributed by atoms with Crippen LogP contribution < -0.4 is 5.73 Å². The van der Waals surface area contributed by atoms with Gasteiger partial charge < -0.3 is 15.8 Å². The molecular weight excluding hydrogens is 194 g/mol. The Labute approximate surface area is 88.9 Å². The van der Waals surface area contributed by atoms with Crippen LogP contribution in [0.2, 0.25) is 0 Å². The molecule has 0 heterocycles. The zero-order valence-corrected chi connectivity index (χ0v) is 8.94. The van der Waals surface area contributed by atoms with Crippen LogP contribution in [-0.2, 0) is 4.79 Å². The SMILES string of the molecule is CN(C(=O)C1(C(N)=NO)CC1)C1CCC1. The summed E-state index contributed by atoms with van der Waals surface area (Å²) in [5.74, 6) is 0.0844. The Kier molecular flexibility index (Phi) is 2.32. The summed E-state index contributed by atoms with van der Waals surface area (Å²) in [6.45, 7) is 0. The molecule has 15 heavy (non-hydrogen) atoms. The fourth-order valence-corrected chi connectivity index (χ4v) is 2.08. The predicted octanol–water partition coefficient (Wildman–Crippen LogP) is 0.524. The zero-order chi connectivity index (χ0) is 11.1.